The molecule has 0 aliphatic carbocycles. The molecule has 20 heavy (non-hydrogen) atoms. The lowest BCUT2D eigenvalue weighted by Crippen LogP contribution is -2.41. The number of benzene rings is 1. The molecule has 1 aromatic carbocycles. The Morgan fingerprint density at radius 2 is 1.90 bits per heavy atom. The van der Waals surface area contributed by atoms with Gasteiger partial charge in [-0.25, -0.2) is 0 Å². The summed E-state index contributed by atoms with van der Waals surface area (Å²) in [5, 5.41) is 3.53. The van der Waals surface area contributed by atoms with Crippen LogP contribution in [-0.4, -0.2) is 38.4 Å². The molecule has 0 fully saturated rings. The van der Waals surface area contributed by atoms with Gasteiger partial charge in [-0.1, -0.05) is 29.8 Å². The van der Waals surface area contributed by atoms with Crippen molar-refractivity contribution in [2.24, 2.45) is 5.92 Å². The fourth-order valence-electron chi connectivity index (χ4n) is 2.46. The molecule has 1 heterocycles. The lowest BCUT2D eigenvalue weighted by atomic mass is 10.0. The second-order valence-electron chi connectivity index (χ2n) is 5.70. The van der Waals surface area contributed by atoms with Crippen molar-refractivity contribution in [3.8, 4) is 11.5 Å². The molecule has 0 saturated carbocycles. The highest BCUT2D eigenvalue weighted by molar-refractivity contribution is 9.10. The van der Waals surface area contributed by atoms with E-state index in [1.807, 2.05) is 12.1 Å². The number of nitrogens with zero attached hydrogens (tertiary/aromatic N) is 1. The maximum absolute atomic E-state index is 5.42. The van der Waals surface area contributed by atoms with E-state index in [0.717, 1.165) is 29.1 Å². The van der Waals surface area contributed by atoms with Crippen LogP contribution in [-0.2, 0) is 6.54 Å². The molecule has 0 amide bonds. The highest BCUT2D eigenvalue weighted by Gasteiger charge is 2.18. The Balaban J connectivity index is 1.94. The van der Waals surface area contributed by atoms with E-state index in [1.54, 1.807) is 0 Å². The molecule has 2 rings (SSSR count). The highest BCUT2D eigenvalue weighted by atomic mass is 79.9. The van der Waals surface area contributed by atoms with Crippen LogP contribution in [0.1, 0.15) is 19.4 Å². The van der Waals surface area contributed by atoms with Gasteiger partial charge in [-0.15, -0.1) is 0 Å². The van der Waals surface area contributed by atoms with Gasteiger partial charge in [-0.3, -0.25) is 0 Å². The maximum Gasteiger partial charge on any atom is 0.231 e. The van der Waals surface area contributed by atoms with Crippen molar-refractivity contribution in [2.45, 2.75) is 26.4 Å². The fourth-order valence-corrected chi connectivity index (χ4v) is 2.93. The van der Waals surface area contributed by atoms with Gasteiger partial charge in [0.2, 0.25) is 6.79 Å². The summed E-state index contributed by atoms with van der Waals surface area (Å²) < 4.78 is 11.8. The van der Waals surface area contributed by atoms with Crippen molar-refractivity contribution >= 4 is 15.9 Å². The molecule has 0 bridgehead atoms. The van der Waals surface area contributed by atoms with E-state index in [1.165, 1.54) is 5.56 Å². The molecule has 0 radical (unpaired) electrons. The Labute approximate surface area is 129 Å². The molecule has 1 N–H and O–H groups in total. The van der Waals surface area contributed by atoms with Crippen LogP contribution in [0.25, 0.3) is 0 Å². The third kappa shape index (κ3) is 3.65. The SMILES string of the molecule is CC(C)C(CNCc1cc2c(cc1Br)OCO2)N(C)C. The van der Waals surface area contributed by atoms with Crippen molar-refractivity contribution in [3.05, 3.63) is 22.2 Å². The first-order valence-corrected chi connectivity index (χ1v) is 7.73. The molecular formula is C15H23BrN2O2. The lowest BCUT2D eigenvalue weighted by molar-refractivity contribution is 0.174. The molecule has 5 heteroatoms. The van der Waals surface area contributed by atoms with Crippen LogP contribution < -0.4 is 14.8 Å². The zero-order valence-corrected chi connectivity index (χ0v) is 14.2. The quantitative estimate of drug-likeness (QED) is 0.861. The normalized spacial score (nSPS) is 15.2. The molecule has 0 saturated heterocycles. The van der Waals surface area contributed by atoms with Crippen molar-refractivity contribution in [1.29, 1.82) is 0 Å². The summed E-state index contributed by atoms with van der Waals surface area (Å²) in [4.78, 5) is 2.27. The monoisotopic (exact) mass is 342 g/mol. The minimum absolute atomic E-state index is 0.314. The Kier molecular flexibility index (Phi) is 5.29. The van der Waals surface area contributed by atoms with Crippen molar-refractivity contribution in [2.75, 3.05) is 27.4 Å². The molecule has 0 spiro atoms. The second kappa shape index (κ2) is 6.78. The first kappa shape index (κ1) is 15.6. The number of likely N-dealkylation sites (N-methyl/N-ethyl adjacent to an activating group) is 1. The van der Waals surface area contributed by atoms with Gasteiger partial charge in [-0.2, -0.15) is 0 Å². The van der Waals surface area contributed by atoms with Gasteiger partial charge in [0.1, 0.15) is 0 Å². The van der Waals surface area contributed by atoms with E-state index in [0.29, 0.717) is 18.8 Å². The summed E-state index contributed by atoms with van der Waals surface area (Å²) in [5.74, 6) is 2.27. The Hall–Kier alpha value is -0.780. The second-order valence-corrected chi connectivity index (χ2v) is 6.56. The smallest absolute Gasteiger partial charge is 0.231 e. The minimum Gasteiger partial charge on any atom is -0.454 e. The molecular weight excluding hydrogens is 320 g/mol. The first-order chi connectivity index (χ1) is 9.49. The van der Waals surface area contributed by atoms with Crippen LogP contribution >= 0.6 is 15.9 Å². The number of fused-ring (bicyclic) bond motifs is 1. The molecule has 0 aromatic heterocycles. The number of halogens is 1. The van der Waals surface area contributed by atoms with Gasteiger partial charge < -0.3 is 19.7 Å². The molecule has 1 aromatic rings. The highest BCUT2D eigenvalue weighted by Crippen LogP contribution is 2.36. The van der Waals surface area contributed by atoms with Crippen molar-refractivity contribution < 1.29 is 9.47 Å². The topological polar surface area (TPSA) is 33.7 Å². The summed E-state index contributed by atoms with van der Waals surface area (Å²) in [5.41, 5.74) is 1.19. The van der Waals surface area contributed by atoms with E-state index in [4.69, 9.17) is 9.47 Å². The van der Waals surface area contributed by atoms with Crippen LogP contribution in [0.4, 0.5) is 0 Å². The van der Waals surface area contributed by atoms with Crippen molar-refractivity contribution in [3.63, 3.8) is 0 Å². The largest absolute Gasteiger partial charge is 0.454 e. The van der Waals surface area contributed by atoms with Gasteiger partial charge in [0.15, 0.2) is 11.5 Å². The Morgan fingerprint density at radius 3 is 2.50 bits per heavy atom. The average Bonchev–Trinajstić information content (AvgIpc) is 2.80. The number of hydrogen-bond acceptors (Lipinski definition) is 4. The van der Waals surface area contributed by atoms with E-state index < -0.39 is 0 Å². The van der Waals surface area contributed by atoms with Gasteiger partial charge >= 0.3 is 0 Å². The summed E-state index contributed by atoms with van der Waals surface area (Å²) in [6.07, 6.45) is 0. The van der Waals surface area contributed by atoms with Gasteiger partial charge in [0.25, 0.3) is 0 Å². The minimum atomic E-state index is 0.314. The summed E-state index contributed by atoms with van der Waals surface area (Å²) in [7, 11) is 4.26. The summed E-state index contributed by atoms with van der Waals surface area (Å²) in [6.45, 7) is 6.60. The molecule has 112 valence electrons. The van der Waals surface area contributed by atoms with Crippen LogP contribution in [0.15, 0.2) is 16.6 Å². The third-order valence-electron chi connectivity index (χ3n) is 3.64. The summed E-state index contributed by atoms with van der Waals surface area (Å²) in [6, 6.07) is 4.55. The predicted octanol–water partition coefficient (Wildman–Crippen LogP) is 2.85. The van der Waals surface area contributed by atoms with Crippen molar-refractivity contribution in [1.82, 2.24) is 10.2 Å². The Morgan fingerprint density at radius 1 is 1.25 bits per heavy atom. The van der Waals surface area contributed by atoms with E-state index in [-0.39, 0.29) is 0 Å². The van der Waals surface area contributed by atoms with Gasteiger partial charge in [-0.05, 0) is 37.7 Å². The molecule has 1 atom stereocenters. The van der Waals surface area contributed by atoms with Crippen LogP contribution in [0.2, 0.25) is 0 Å². The predicted molar refractivity (Wildman–Crippen MR) is 84.3 cm³/mol. The molecule has 1 aliphatic heterocycles. The number of rotatable bonds is 6. The third-order valence-corrected chi connectivity index (χ3v) is 4.38. The van der Waals surface area contributed by atoms with Gasteiger partial charge in [0, 0.05) is 23.6 Å². The summed E-state index contributed by atoms with van der Waals surface area (Å²) >= 11 is 3.59. The first-order valence-electron chi connectivity index (χ1n) is 6.94. The van der Waals surface area contributed by atoms with E-state index in [2.05, 4.69) is 54.1 Å². The zero-order chi connectivity index (χ0) is 14.7. The Bertz CT molecular complexity index is 455. The van der Waals surface area contributed by atoms with Crippen LogP contribution in [0, 0.1) is 5.92 Å². The lowest BCUT2D eigenvalue weighted by Gasteiger charge is -2.28. The number of ether oxygens (including phenoxy) is 2. The molecule has 4 nitrogen and oxygen atoms in total. The van der Waals surface area contributed by atoms with E-state index in [9.17, 15) is 0 Å². The number of nitrogens with one attached hydrogen (secondary N) is 1. The van der Waals surface area contributed by atoms with Crippen LogP contribution in [0.3, 0.4) is 0 Å². The van der Waals surface area contributed by atoms with Crippen LogP contribution in [0.5, 0.6) is 11.5 Å². The van der Waals surface area contributed by atoms with E-state index >= 15 is 0 Å². The zero-order valence-electron chi connectivity index (χ0n) is 12.6. The maximum atomic E-state index is 5.42. The molecule has 1 unspecified atom stereocenters. The standard InChI is InChI=1S/C15H23BrN2O2/c1-10(2)13(18(3)4)8-17-7-11-5-14-15(6-12(11)16)20-9-19-14/h5-6,10,13,17H,7-9H2,1-4H3. The number of hydrogen-bond donors (Lipinski definition) is 1. The average molecular weight is 343 g/mol. The fraction of sp³-hybridized carbons (Fsp3) is 0.600. The van der Waals surface area contributed by atoms with Gasteiger partial charge in [0.05, 0.1) is 0 Å². The molecule has 1 aliphatic rings.